The van der Waals surface area contributed by atoms with Gasteiger partial charge in [0, 0.05) is 43.5 Å². The number of para-hydroxylation sites is 1. The second-order valence-electron chi connectivity index (χ2n) is 8.29. The van der Waals surface area contributed by atoms with Crippen LogP contribution in [-0.2, 0) is 17.7 Å². The summed E-state index contributed by atoms with van der Waals surface area (Å²) in [5.41, 5.74) is 5.60. The van der Waals surface area contributed by atoms with E-state index in [1.165, 1.54) is 11.1 Å². The van der Waals surface area contributed by atoms with Gasteiger partial charge in [0.2, 0.25) is 0 Å². The van der Waals surface area contributed by atoms with Gasteiger partial charge in [-0.2, -0.15) is 5.10 Å². The van der Waals surface area contributed by atoms with Crippen LogP contribution in [0.3, 0.4) is 0 Å². The standard InChI is InChI=1S/C26H28N4O2/c1-31-25-9-5-4-8-24(25)23-7-3-2-6-21(23)18-29-14-15-32-19-20(17-29)16-22-10-11-26-27-12-13-30(26)28-22/h2-13,20H,14-19H2,1H3/t20-/m0/s1. The maximum absolute atomic E-state index is 5.96. The first-order valence-corrected chi connectivity index (χ1v) is 11.1. The molecule has 0 N–H and O–H groups in total. The summed E-state index contributed by atoms with van der Waals surface area (Å²) >= 11 is 0. The van der Waals surface area contributed by atoms with E-state index in [1.54, 1.807) is 13.3 Å². The van der Waals surface area contributed by atoms with Crippen molar-refractivity contribution in [3.8, 4) is 16.9 Å². The highest BCUT2D eigenvalue weighted by atomic mass is 16.5. The number of fused-ring (bicyclic) bond motifs is 1. The maximum Gasteiger partial charge on any atom is 0.153 e. The summed E-state index contributed by atoms with van der Waals surface area (Å²) in [7, 11) is 1.73. The molecule has 0 saturated carbocycles. The van der Waals surface area contributed by atoms with E-state index in [2.05, 4.69) is 52.3 Å². The van der Waals surface area contributed by atoms with Crippen LogP contribution in [0.5, 0.6) is 5.75 Å². The summed E-state index contributed by atoms with van der Waals surface area (Å²) in [6, 6.07) is 20.9. The van der Waals surface area contributed by atoms with Gasteiger partial charge in [0.1, 0.15) is 5.75 Å². The Morgan fingerprint density at radius 2 is 1.88 bits per heavy atom. The number of nitrogens with zero attached hydrogens (tertiary/aromatic N) is 4. The Bertz CT molecular complexity index is 1190. The lowest BCUT2D eigenvalue weighted by molar-refractivity contribution is 0.121. The fraction of sp³-hybridized carbons (Fsp3) is 0.308. The normalized spacial score (nSPS) is 17.3. The fourth-order valence-electron chi connectivity index (χ4n) is 4.51. The molecule has 6 heteroatoms. The predicted octanol–water partition coefficient (Wildman–Crippen LogP) is 4.10. The molecule has 6 nitrogen and oxygen atoms in total. The van der Waals surface area contributed by atoms with E-state index in [4.69, 9.17) is 14.6 Å². The van der Waals surface area contributed by atoms with Crippen LogP contribution in [0.25, 0.3) is 16.8 Å². The van der Waals surface area contributed by atoms with Crippen molar-refractivity contribution in [2.45, 2.75) is 13.0 Å². The van der Waals surface area contributed by atoms with Crippen LogP contribution in [0.4, 0.5) is 0 Å². The Balaban J connectivity index is 1.34. The lowest BCUT2D eigenvalue weighted by Crippen LogP contribution is -2.31. The van der Waals surface area contributed by atoms with Crippen molar-refractivity contribution in [2.75, 3.05) is 33.4 Å². The minimum atomic E-state index is 0.393. The van der Waals surface area contributed by atoms with Crippen molar-refractivity contribution < 1.29 is 9.47 Å². The van der Waals surface area contributed by atoms with Crippen LogP contribution in [0.2, 0.25) is 0 Å². The zero-order valence-electron chi connectivity index (χ0n) is 18.4. The van der Waals surface area contributed by atoms with Crippen LogP contribution in [0.1, 0.15) is 11.3 Å². The van der Waals surface area contributed by atoms with Crippen molar-refractivity contribution in [2.24, 2.45) is 5.92 Å². The first-order chi connectivity index (χ1) is 15.8. The Morgan fingerprint density at radius 1 is 1.03 bits per heavy atom. The lowest BCUT2D eigenvalue weighted by Gasteiger charge is -2.24. The molecule has 5 rings (SSSR count). The third kappa shape index (κ3) is 4.52. The molecule has 0 amide bonds. The highest BCUT2D eigenvalue weighted by Gasteiger charge is 2.21. The van der Waals surface area contributed by atoms with Gasteiger partial charge >= 0.3 is 0 Å². The molecule has 32 heavy (non-hydrogen) atoms. The molecule has 0 unspecified atom stereocenters. The molecule has 3 heterocycles. The summed E-state index contributed by atoms with van der Waals surface area (Å²) in [4.78, 5) is 6.79. The largest absolute Gasteiger partial charge is 0.496 e. The third-order valence-corrected chi connectivity index (χ3v) is 6.04. The predicted molar refractivity (Wildman–Crippen MR) is 125 cm³/mol. The number of ether oxygens (including phenoxy) is 2. The second-order valence-corrected chi connectivity index (χ2v) is 8.29. The van der Waals surface area contributed by atoms with Gasteiger partial charge < -0.3 is 9.47 Å². The maximum atomic E-state index is 5.96. The number of benzene rings is 2. The van der Waals surface area contributed by atoms with Crippen molar-refractivity contribution in [1.82, 2.24) is 19.5 Å². The summed E-state index contributed by atoms with van der Waals surface area (Å²) in [6.07, 6.45) is 4.56. The van der Waals surface area contributed by atoms with Crippen LogP contribution < -0.4 is 4.74 Å². The number of hydrogen-bond acceptors (Lipinski definition) is 5. The van der Waals surface area contributed by atoms with E-state index < -0.39 is 0 Å². The van der Waals surface area contributed by atoms with Crippen molar-refractivity contribution in [1.29, 1.82) is 0 Å². The topological polar surface area (TPSA) is 51.9 Å². The van der Waals surface area contributed by atoms with E-state index in [0.29, 0.717) is 5.92 Å². The Kier molecular flexibility index (Phi) is 6.14. The number of methoxy groups -OCH3 is 1. The van der Waals surface area contributed by atoms with Gasteiger partial charge in [-0.15, -0.1) is 0 Å². The molecule has 0 spiro atoms. The Hall–Kier alpha value is -3.22. The molecule has 1 fully saturated rings. The fourth-order valence-corrected chi connectivity index (χ4v) is 4.51. The molecule has 1 atom stereocenters. The number of rotatable bonds is 6. The molecule has 0 bridgehead atoms. The first kappa shape index (κ1) is 20.7. The Morgan fingerprint density at radius 3 is 2.78 bits per heavy atom. The highest BCUT2D eigenvalue weighted by Crippen LogP contribution is 2.32. The molecule has 1 aliphatic heterocycles. The Labute approximate surface area is 188 Å². The average Bonchev–Trinajstić information content (AvgIpc) is 3.19. The van der Waals surface area contributed by atoms with Crippen molar-refractivity contribution in [3.63, 3.8) is 0 Å². The molecule has 2 aromatic heterocycles. The molecule has 1 saturated heterocycles. The van der Waals surface area contributed by atoms with Gasteiger partial charge in [-0.1, -0.05) is 42.5 Å². The molecule has 164 valence electrons. The molecular weight excluding hydrogens is 400 g/mol. The third-order valence-electron chi connectivity index (χ3n) is 6.04. The zero-order valence-corrected chi connectivity index (χ0v) is 18.4. The molecule has 1 aliphatic rings. The second kappa shape index (κ2) is 9.51. The summed E-state index contributed by atoms with van der Waals surface area (Å²) in [6.45, 7) is 4.28. The summed E-state index contributed by atoms with van der Waals surface area (Å²) in [5.74, 6) is 1.29. The van der Waals surface area contributed by atoms with Crippen LogP contribution >= 0.6 is 0 Å². The zero-order chi connectivity index (χ0) is 21.8. The van der Waals surface area contributed by atoms with Crippen LogP contribution in [-0.4, -0.2) is 52.9 Å². The van der Waals surface area contributed by atoms with Crippen LogP contribution in [0.15, 0.2) is 73.1 Å². The van der Waals surface area contributed by atoms with E-state index >= 15 is 0 Å². The quantitative estimate of drug-likeness (QED) is 0.463. The smallest absolute Gasteiger partial charge is 0.153 e. The number of hydrogen-bond donors (Lipinski definition) is 0. The minimum absolute atomic E-state index is 0.393. The van der Waals surface area contributed by atoms with Gasteiger partial charge in [0.25, 0.3) is 0 Å². The van der Waals surface area contributed by atoms with Crippen LogP contribution in [0, 0.1) is 5.92 Å². The van der Waals surface area contributed by atoms with E-state index in [9.17, 15) is 0 Å². The van der Waals surface area contributed by atoms with Crippen molar-refractivity contribution in [3.05, 3.63) is 84.3 Å². The van der Waals surface area contributed by atoms with E-state index in [1.807, 2.05) is 28.9 Å². The average molecular weight is 429 g/mol. The van der Waals surface area contributed by atoms with Gasteiger partial charge in [0.15, 0.2) is 5.65 Å². The summed E-state index contributed by atoms with van der Waals surface area (Å²) < 4.78 is 13.4. The SMILES string of the molecule is COc1ccccc1-c1ccccc1CN1CCOC[C@@H](Cc2ccc3nccn3n2)C1. The highest BCUT2D eigenvalue weighted by molar-refractivity contribution is 5.73. The van der Waals surface area contributed by atoms with E-state index in [0.717, 1.165) is 61.9 Å². The van der Waals surface area contributed by atoms with Gasteiger partial charge in [-0.3, -0.25) is 4.90 Å². The summed E-state index contributed by atoms with van der Waals surface area (Å²) in [5, 5.41) is 4.71. The van der Waals surface area contributed by atoms with Crippen molar-refractivity contribution >= 4 is 5.65 Å². The van der Waals surface area contributed by atoms with Gasteiger partial charge in [-0.25, -0.2) is 9.50 Å². The molecular formula is C26H28N4O2. The molecule has 4 aromatic rings. The first-order valence-electron chi connectivity index (χ1n) is 11.1. The lowest BCUT2D eigenvalue weighted by atomic mass is 9.97. The monoisotopic (exact) mass is 428 g/mol. The van der Waals surface area contributed by atoms with Gasteiger partial charge in [0.05, 0.1) is 26.0 Å². The molecule has 0 radical (unpaired) electrons. The minimum Gasteiger partial charge on any atom is -0.496 e. The molecule has 2 aromatic carbocycles. The molecule has 0 aliphatic carbocycles. The number of imidazole rings is 1. The van der Waals surface area contributed by atoms with E-state index in [-0.39, 0.29) is 0 Å². The van der Waals surface area contributed by atoms with Gasteiger partial charge in [-0.05, 0) is 35.7 Å². The number of aromatic nitrogens is 3.